The van der Waals surface area contributed by atoms with Gasteiger partial charge in [-0.2, -0.15) is 0 Å². The minimum atomic E-state index is -0.565. The molecule has 4 rings (SSSR count). The Labute approximate surface area is 173 Å². The summed E-state index contributed by atoms with van der Waals surface area (Å²) in [5, 5.41) is 10.1. The topological polar surface area (TPSA) is 67.5 Å². The number of allylic oxidation sites excluding steroid dienone is 1. The second kappa shape index (κ2) is 8.45. The molecule has 1 aromatic heterocycles. The summed E-state index contributed by atoms with van der Waals surface area (Å²) < 4.78 is 5.85. The average molecular weight is 394 g/mol. The van der Waals surface area contributed by atoms with E-state index in [-0.39, 0.29) is 28.0 Å². The van der Waals surface area contributed by atoms with E-state index in [9.17, 15) is 14.7 Å². The first-order valence-corrected chi connectivity index (χ1v) is 9.43. The summed E-state index contributed by atoms with van der Waals surface area (Å²) in [5.41, 5.74) is 1.26. The summed E-state index contributed by atoms with van der Waals surface area (Å²) >= 11 is 0. The zero-order valence-electron chi connectivity index (χ0n) is 16.0. The van der Waals surface area contributed by atoms with Crippen LogP contribution in [0.5, 0.6) is 5.75 Å². The van der Waals surface area contributed by atoms with E-state index in [0.29, 0.717) is 0 Å². The van der Waals surface area contributed by atoms with Crippen LogP contribution in [-0.4, -0.2) is 10.9 Å². The molecule has 4 heteroatoms. The first-order chi connectivity index (χ1) is 14.6. The van der Waals surface area contributed by atoms with Gasteiger partial charge in [-0.1, -0.05) is 78.9 Å². The molecule has 0 aliphatic rings. The van der Waals surface area contributed by atoms with Crippen molar-refractivity contribution in [2.24, 2.45) is 0 Å². The first kappa shape index (κ1) is 19.2. The highest BCUT2D eigenvalue weighted by molar-refractivity contribution is 6.10. The molecule has 1 N–H and O–H groups in total. The van der Waals surface area contributed by atoms with Crippen molar-refractivity contribution >= 4 is 35.0 Å². The Bertz CT molecular complexity index is 1310. The highest BCUT2D eigenvalue weighted by Gasteiger charge is 2.19. The first-order valence-electron chi connectivity index (χ1n) is 9.43. The number of hydrogen-bond donors (Lipinski definition) is 1. The molecule has 0 fully saturated rings. The molecule has 4 nitrogen and oxygen atoms in total. The monoisotopic (exact) mass is 394 g/mol. The summed E-state index contributed by atoms with van der Waals surface area (Å²) in [6, 6.07) is 23.4. The molecule has 0 aliphatic carbocycles. The molecular formula is C26H18O4. The van der Waals surface area contributed by atoms with Gasteiger partial charge in [0.15, 0.2) is 5.78 Å². The van der Waals surface area contributed by atoms with E-state index in [1.54, 1.807) is 30.4 Å². The van der Waals surface area contributed by atoms with E-state index in [1.807, 2.05) is 60.7 Å². The minimum Gasteiger partial charge on any atom is -0.507 e. The smallest absolute Gasteiger partial charge is 0.208 e. The van der Waals surface area contributed by atoms with Crippen LogP contribution < -0.4 is 5.43 Å². The quantitative estimate of drug-likeness (QED) is 0.355. The Kier molecular flexibility index (Phi) is 5.39. The highest BCUT2D eigenvalue weighted by atomic mass is 16.3. The van der Waals surface area contributed by atoms with Gasteiger partial charge in [0.25, 0.3) is 0 Å². The maximum absolute atomic E-state index is 13.1. The Morgan fingerprint density at radius 3 is 2.07 bits per heavy atom. The minimum absolute atomic E-state index is 0.00850. The molecule has 0 amide bonds. The molecule has 4 aromatic rings. The number of phenols is 1. The number of benzene rings is 3. The van der Waals surface area contributed by atoms with Crippen molar-refractivity contribution < 1.29 is 14.3 Å². The third-order valence-corrected chi connectivity index (χ3v) is 4.62. The van der Waals surface area contributed by atoms with E-state index in [1.165, 1.54) is 12.1 Å². The van der Waals surface area contributed by atoms with E-state index in [4.69, 9.17) is 4.42 Å². The third kappa shape index (κ3) is 3.98. The Morgan fingerprint density at radius 2 is 1.40 bits per heavy atom. The second-order valence-corrected chi connectivity index (χ2v) is 6.67. The van der Waals surface area contributed by atoms with E-state index in [0.717, 1.165) is 11.1 Å². The van der Waals surface area contributed by atoms with Gasteiger partial charge >= 0.3 is 0 Å². The summed E-state index contributed by atoms with van der Waals surface area (Å²) in [4.78, 5) is 26.1. The molecule has 0 spiro atoms. The second-order valence-electron chi connectivity index (χ2n) is 6.67. The molecular weight excluding hydrogens is 376 g/mol. The van der Waals surface area contributed by atoms with E-state index >= 15 is 0 Å². The van der Waals surface area contributed by atoms with Crippen molar-refractivity contribution in [3.05, 3.63) is 118 Å². The van der Waals surface area contributed by atoms with Gasteiger partial charge in [0.1, 0.15) is 28.0 Å². The number of phenolic OH excluding ortho intramolecular Hbond substituents is 1. The van der Waals surface area contributed by atoms with Crippen molar-refractivity contribution in [3.63, 3.8) is 0 Å². The molecule has 0 radical (unpaired) electrons. The van der Waals surface area contributed by atoms with Crippen molar-refractivity contribution in [2.75, 3.05) is 0 Å². The molecule has 0 saturated heterocycles. The molecule has 0 bridgehead atoms. The Balaban J connectivity index is 1.85. The zero-order chi connectivity index (χ0) is 20.9. The molecule has 0 atom stereocenters. The van der Waals surface area contributed by atoms with Gasteiger partial charge in [0.2, 0.25) is 5.43 Å². The summed E-state index contributed by atoms with van der Waals surface area (Å²) in [6.45, 7) is 0. The van der Waals surface area contributed by atoms with Crippen LogP contribution in [0.3, 0.4) is 0 Å². The molecule has 0 unspecified atom stereocenters. The summed E-state index contributed by atoms with van der Waals surface area (Å²) in [5.74, 6) is -0.573. The lowest BCUT2D eigenvalue weighted by molar-refractivity contribution is 0.104. The fourth-order valence-corrected chi connectivity index (χ4v) is 3.15. The standard InChI is InChI=1S/C26H18O4/c27-20-12-7-13-22-24(20)26(29)25(21(28)16-14-18-8-3-1-4-9-18)23(30-22)17-15-19-10-5-2-6-11-19/h1-17,27H/b16-14+,17-15+. The van der Waals surface area contributed by atoms with Crippen molar-refractivity contribution in [3.8, 4) is 5.75 Å². The Hall–Kier alpha value is -4.18. The van der Waals surface area contributed by atoms with E-state index < -0.39 is 11.2 Å². The van der Waals surface area contributed by atoms with Crippen molar-refractivity contribution in [2.45, 2.75) is 0 Å². The van der Waals surface area contributed by atoms with Crippen LogP contribution in [0, 0.1) is 0 Å². The molecule has 0 saturated carbocycles. The molecule has 1 heterocycles. The van der Waals surface area contributed by atoms with Gasteiger partial charge in [-0.15, -0.1) is 0 Å². The SMILES string of the molecule is O=C(/C=C/c1ccccc1)c1c(/C=C/c2ccccc2)oc2cccc(O)c2c1=O. The predicted octanol–water partition coefficient (Wildman–Crippen LogP) is 5.57. The number of aromatic hydroxyl groups is 1. The number of carbonyl (C=O) groups is 1. The van der Waals surface area contributed by atoms with Gasteiger partial charge in [0.05, 0.1) is 0 Å². The number of ketones is 1. The van der Waals surface area contributed by atoms with Crippen LogP contribution in [0.1, 0.15) is 27.2 Å². The molecule has 30 heavy (non-hydrogen) atoms. The van der Waals surface area contributed by atoms with Gasteiger partial charge in [0, 0.05) is 0 Å². The van der Waals surface area contributed by atoms with E-state index in [2.05, 4.69) is 0 Å². The molecule has 146 valence electrons. The van der Waals surface area contributed by atoms with Crippen LogP contribution >= 0.6 is 0 Å². The average Bonchev–Trinajstić information content (AvgIpc) is 2.77. The fraction of sp³-hybridized carbons (Fsp3) is 0. The van der Waals surface area contributed by atoms with Gasteiger partial charge < -0.3 is 9.52 Å². The van der Waals surface area contributed by atoms with Crippen molar-refractivity contribution in [1.82, 2.24) is 0 Å². The van der Waals surface area contributed by atoms with Crippen molar-refractivity contribution in [1.29, 1.82) is 0 Å². The highest BCUT2D eigenvalue weighted by Crippen LogP contribution is 2.25. The predicted molar refractivity (Wildman–Crippen MR) is 119 cm³/mol. The zero-order valence-corrected chi connectivity index (χ0v) is 16.0. The van der Waals surface area contributed by atoms with Crippen LogP contribution in [0.4, 0.5) is 0 Å². The number of rotatable bonds is 5. The van der Waals surface area contributed by atoms with Crippen LogP contribution in [0.25, 0.3) is 29.2 Å². The van der Waals surface area contributed by atoms with Gasteiger partial charge in [-0.05, 0) is 35.4 Å². The summed E-state index contributed by atoms with van der Waals surface area (Å²) in [7, 11) is 0. The maximum atomic E-state index is 13.1. The maximum Gasteiger partial charge on any atom is 0.208 e. The fourth-order valence-electron chi connectivity index (χ4n) is 3.15. The van der Waals surface area contributed by atoms with Crippen LogP contribution in [0.15, 0.2) is 94.2 Å². The lowest BCUT2D eigenvalue weighted by Gasteiger charge is -2.06. The lowest BCUT2D eigenvalue weighted by atomic mass is 10.0. The lowest BCUT2D eigenvalue weighted by Crippen LogP contribution is -2.16. The van der Waals surface area contributed by atoms with Gasteiger partial charge in [-0.3, -0.25) is 9.59 Å². The normalized spacial score (nSPS) is 11.5. The van der Waals surface area contributed by atoms with Gasteiger partial charge in [-0.25, -0.2) is 0 Å². The number of carbonyl (C=O) groups excluding carboxylic acids is 1. The largest absolute Gasteiger partial charge is 0.507 e. The summed E-state index contributed by atoms with van der Waals surface area (Å²) in [6.07, 6.45) is 6.35. The molecule has 0 aliphatic heterocycles. The van der Waals surface area contributed by atoms with Crippen LogP contribution in [-0.2, 0) is 0 Å². The molecule has 3 aromatic carbocycles. The number of hydrogen-bond acceptors (Lipinski definition) is 4. The van der Waals surface area contributed by atoms with Crippen LogP contribution in [0.2, 0.25) is 0 Å². The Morgan fingerprint density at radius 1 is 0.767 bits per heavy atom. The third-order valence-electron chi connectivity index (χ3n) is 4.62. The number of fused-ring (bicyclic) bond motifs is 1.